The van der Waals surface area contributed by atoms with Crippen LogP contribution in [0.2, 0.25) is 0 Å². The molecule has 2 N–H and O–H groups in total. The van der Waals surface area contributed by atoms with Crippen LogP contribution in [-0.2, 0) is 0 Å². The number of thiophene rings is 1. The number of thiazole rings is 1. The zero-order valence-electron chi connectivity index (χ0n) is 6.52. The minimum absolute atomic E-state index is 0.631. The van der Waals surface area contributed by atoms with Gasteiger partial charge in [0.2, 0.25) is 0 Å². The summed E-state index contributed by atoms with van der Waals surface area (Å²) in [4.78, 5) is 4.91. The van der Waals surface area contributed by atoms with Crippen LogP contribution >= 0.6 is 22.7 Å². The number of hydrogen-bond donors (Lipinski definition) is 1. The SMILES string of the molecule is N#Cc1csc(N)c1-c1cncs1. The zero-order chi connectivity index (χ0) is 9.26. The van der Waals surface area contributed by atoms with Crippen molar-refractivity contribution < 1.29 is 0 Å². The molecule has 0 amide bonds. The van der Waals surface area contributed by atoms with E-state index in [-0.39, 0.29) is 0 Å². The lowest BCUT2D eigenvalue weighted by atomic mass is 10.2. The predicted octanol–water partition coefficient (Wildman–Crippen LogP) is 2.33. The van der Waals surface area contributed by atoms with Crippen LogP contribution < -0.4 is 5.73 Å². The molecular formula is C8H5N3S2. The van der Waals surface area contributed by atoms with Gasteiger partial charge in [0.15, 0.2) is 0 Å². The Morgan fingerprint density at radius 1 is 1.46 bits per heavy atom. The summed E-state index contributed by atoms with van der Waals surface area (Å²) >= 11 is 2.88. The minimum Gasteiger partial charge on any atom is -0.390 e. The van der Waals surface area contributed by atoms with Crippen LogP contribution in [0.1, 0.15) is 5.56 Å². The highest BCUT2D eigenvalue weighted by molar-refractivity contribution is 7.17. The number of nitrogens with zero attached hydrogens (tertiary/aromatic N) is 2. The van der Waals surface area contributed by atoms with Gasteiger partial charge in [0.05, 0.1) is 21.0 Å². The fourth-order valence-electron chi connectivity index (χ4n) is 1.05. The summed E-state index contributed by atoms with van der Waals surface area (Å²) in [6, 6.07) is 2.11. The molecule has 3 nitrogen and oxygen atoms in total. The molecule has 0 spiro atoms. The van der Waals surface area contributed by atoms with E-state index in [1.807, 2.05) is 0 Å². The van der Waals surface area contributed by atoms with Crippen molar-refractivity contribution in [1.82, 2.24) is 4.98 Å². The monoisotopic (exact) mass is 207 g/mol. The number of anilines is 1. The first kappa shape index (κ1) is 8.23. The van der Waals surface area contributed by atoms with Gasteiger partial charge in [-0.1, -0.05) is 0 Å². The van der Waals surface area contributed by atoms with Gasteiger partial charge in [0, 0.05) is 17.1 Å². The number of nitrogens with two attached hydrogens (primary N) is 1. The second kappa shape index (κ2) is 3.17. The second-order valence-electron chi connectivity index (χ2n) is 2.37. The van der Waals surface area contributed by atoms with Crippen molar-refractivity contribution in [3.05, 3.63) is 22.7 Å². The van der Waals surface area contributed by atoms with Gasteiger partial charge in [-0.2, -0.15) is 5.26 Å². The van der Waals surface area contributed by atoms with Gasteiger partial charge in [-0.3, -0.25) is 4.98 Å². The van der Waals surface area contributed by atoms with Crippen LogP contribution in [0.5, 0.6) is 0 Å². The van der Waals surface area contributed by atoms with Crippen molar-refractivity contribution in [2.24, 2.45) is 0 Å². The molecule has 0 fully saturated rings. The highest BCUT2D eigenvalue weighted by Crippen LogP contribution is 2.36. The molecule has 0 radical (unpaired) electrons. The molecule has 0 saturated heterocycles. The van der Waals surface area contributed by atoms with Crippen molar-refractivity contribution >= 4 is 27.7 Å². The van der Waals surface area contributed by atoms with Crippen LogP contribution in [0, 0.1) is 11.3 Å². The van der Waals surface area contributed by atoms with E-state index in [0.717, 1.165) is 10.4 Å². The summed E-state index contributed by atoms with van der Waals surface area (Å²) < 4.78 is 0. The average molecular weight is 207 g/mol. The molecule has 13 heavy (non-hydrogen) atoms. The summed E-state index contributed by atoms with van der Waals surface area (Å²) in [6.45, 7) is 0. The van der Waals surface area contributed by atoms with Gasteiger partial charge in [-0.05, 0) is 0 Å². The third-order valence-electron chi connectivity index (χ3n) is 1.62. The molecule has 0 saturated carbocycles. The van der Waals surface area contributed by atoms with E-state index in [2.05, 4.69) is 11.1 Å². The number of aromatic nitrogens is 1. The fourth-order valence-corrected chi connectivity index (χ4v) is 2.56. The molecule has 0 atom stereocenters. The van der Waals surface area contributed by atoms with E-state index in [1.165, 1.54) is 22.7 Å². The Morgan fingerprint density at radius 3 is 2.92 bits per heavy atom. The molecule has 0 aliphatic rings. The largest absolute Gasteiger partial charge is 0.390 e. The van der Waals surface area contributed by atoms with E-state index < -0.39 is 0 Å². The smallest absolute Gasteiger partial charge is 0.101 e. The van der Waals surface area contributed by atoms with E-state index >= 15 is 0 Å². The zero-order valence-corrected chi connectivity index (χ0v) is 8.15. The standard InChI is InChI=1S/C8H5N3S2/c9-1-5-3-12-8(10)7(5)6-2-11-4-13-6/h2-4H,10H2. The molecule has 2 heterocycles. The topological polar surface area (TPSA) is 62.7 Å². The summed E-state index contributed by atoms with van der Waals surface area (Å²) in [5, 5.41) is 11.3. The summed E-state index contributed by atoms with van der Waals surface area (Å²) in [7, 11) is 0. The first-order chi connectivity index (χ1) is 6.33. The maximum Gasteiger partial charge on any atom is 0.101 e. The molecule has 64 valence electrons. The van der Waals surface area contributed by atoms with E-state index in [0.29, 0.717) is 10.6 Å². The van der Waals surface area contributed by atoms with Crippen LogP contribution in [0.3, 0.4) is 0 Å². The summed E-state index contributed by atoms with van der Waals surface area (Å²) in [5.74, 6) is 0. The molecule has 0 aliphatic heterocycles. The Bertz CT molecular complexity index is 450. The highest BCUT2D eigenvalue weighted by Gasteiger charge is 2.12. The van der Waals surface area contributed by atoms with Crippen molar-refractivity contribution in [2.75, 3.05) is 5.73 Å². The number of nitrogen functional groups attached to an aromatic ring is 1. The third-order valence-corrected chi connectivity index (χ3v) is 3.22. The van der Waals surface area contributed by atoms with Crippen molar-refractivity contribution in [3.63, 3.8) is 0 Å². The van der Waals surface area contributed by atoms with Gasteiger partial charge in [0.1, 0.15) is 6.07 Å². The van der Waals surface area contributed by atoms with Crippen molar-refractivity contribution in [2.45, 2.75) is 0 Å². The maximum atomic E-state index is 8.82. The Morgan fingerprint density at radius 2 is 2.31 bits per heavy atom. The van der Waals surface area contributed by atoms with Crippen molar-refractivity contribution in [1.29, 1.82) is 5.26 Å². The highest BCUT2D eigenvalue weighted by atomic mass is 32.1. The van der Waals surface area contributed by atoms with Gasteiger partial charge in [-0.25, -0.2) is 0 Å². The number of nitriles is 1. The molecule has 0 aliphatic carbocycles. The molecule has 5 heteroatoms. The van der Waals surface area contributed by atoms with Crippen LogP contribution in [0.4, 0.5) is 5.00 Å². The summed E-state index contributed by atoms with van der Waals surface area (Å²) in [5.41, 5.74) is 8.94. The van der Waals surface area contributed by atoms with Gasteiger partial charge >= 0.3 is 0 Å². The second-order valence-corrected chi connectivity index (χ2v) is 4.16. The average Bonchev–Trinajstić information content (AvgIpc) is 2.72. The summed E-state index contributed by atoms with van der Waals surface area (Å²) in [6.07, 6.45) is 1.73. The Labute approximate surface area is 83.1 Å². The molecule has 0 bridgehead atoms. The fraction of sp³-hybridized carbons (Fsp3) is 0. The van der Waals surface area contributed by atoms with Crippen molar-refractivity contribution in [3.8, 4) is 16.5 Å². The quantitative estimate of drug-likeness (QED) is 0.780. The van der Waals surface area contributed by atoms with E-state index in [9.17, 15) is 0 Å². The molecule has 0 unspecified atom stereocenters. The normalized spacial score (nSPS) is 9.77. The Balaban J connectivity index is 2.64. The Hall–Kier alpha value is -1.38. The first-order valence-corrected chi connectivity index (χ1v) is 5.24. The lowest BCUT2D eigenvalue weighted by Crippen LogP contribution is -1.83. The van der Waals surface area contributed by atoms with Gasteiger partial charge in [0.25, 0.3) is 0 Å². The molecule has 2 rings (SSSR count). The van der Waals surface area contributed by atoms with E-state index in [4.69, 9.17) is 11.0 Å². The number of hydrogen-bond acceptors (Lipinski definition) is 5. The number of rotatable bonds is 1. The molecule has 2 aromatic rings. The third kappa shape index (κ3) is 1.30. The molecule has 0 aromatic carbocycles. The molecular weight excluding hydrogens is 202 g/mol. The van der Waals surface area contributed by atoms with Gasteiger partial charge in [-0.15, -0.1) is 22.7 Å². The minimum atomic E-state index is 0.631. The van der Waals surface area contributed by atoms with Crippen LogP contribution in [-0.4, -0.2) is 4.98 Å². The van der Waals surface area contributed by atoms with Crippen LogP contribution in [0.15, 0.2) is 17.1 Å². The van der Waals surface area contributed by atoms with Crippen LogP contribution in [0.25, 0.3) is 10.4 Å². The predicted molar refractivity (Wildman–Crippen MR) is 54.6 cm³/mol. The van der Waals surface area contributed by atoms with Gasteiger partial charge < -0.3 is 5.73 Å². The maximum absolute atomic E-state index is 8.82. The van der Waals surface area contributed by atoms with E-state index in [1.54, 1.807) is 17.1 Å². The first-order valence-electron chi connectivity index (χ1n) is 3.49. The lowest BCUT2D eigenvalue weighted by Gasteiger charge is -1.93. The lowest BCUT2D eigenvalue weighted by molar-refractivity contribution is 1.42. The Kier molecular flexibility index (Phi) is 2.00. The molecule has 2 aromatic heterocycles.